The van der Waals surface area contributed by atoms with Crippen LogP contribution in [0.5, 0.6) is 0 Å². The van der Waals surface area contributed by atoms with Gasteiger partial charge >= 0.3 is 0 Å². The molecule has 0 amide bonds. The summed E-state index contributed by atoms with van der Waals surface area (Å²) in [6.45, 7) is 3.66. The van der Waals surface area contributed by atoms with Crippen LogP contribution in [-0.2, 0) is 10.0 Å². The van der Waals surface area contributed by atoms with Crippen LogP contribution in [0.4, 0.5) is 11.4 Å². The van der Waals surface area contributed by atoms with Crippen molar-refractivity contribution in [1.82, 2.24) is 4.31 Å². The summed E-state index contributed by atoms with van der Waals surface area (Å²) in [4.78, 5) is 12.6. The van der Waals surface area contributed by atoms with E-state index in [9.17, 15) is 18.5 Å². The highest BCUT2D eigenvalue weighted by Crippen LogP contribution is 2.25. The molecule has 0 bridgehead atoms. The van der Waals surface area contributed by atoms with Gasteiger partial charge in [-0.05, 0) is 42.8 Å². The van der Waals surface area contributed by atoms with E-state index in [2.05, 4.69) is 15.9 Å². The van der Waals surface area contributed by atoms with E-state index in [1.807, 2.05) is 11.8 Å². The molecule has 0 atom stereocenters. The molecule has 1 aliphatic rings. The Morgan fingerprint density at radius 2 is 1.65 bits per heavy atom. The number of piperazine rings is 1. The molecule has 9 heteroatoms. The molecule has 2 aromatic rings. The maximum Gasteiger partial charge on any atom is 0.269 e. The number of nitrogens with zero attached hydrogens (tertiary/aromatic N) is 3. The summed E-state index contributed by atoms with van der Waals surface area (Å²) in [5.41, 5.74) is 1.77. The molecule has 26 heavy (non-hydrogen) atoms. The molecule has 0 radical (unpaired) electrons. The Morgan fingerprint density at radius 3 is 2.19 bits per heavy atom. The molecule has 0 unspecified atom stereocenters. The Balaban J connectivity index is 1.71. The number of aryl methyl sites for hydroxylation is 1. The number of hydrogen-bond donors (Lipinski definition) is 0. The monoisotopic (exact) mass is 439 g/mol. The van der Waals surface area contributed by atoms with Crippen LogP contribution >= 0.6 is 15.9 Å². The first-order valence-corrected chi connectivity index (χ1v) is 10.3. The van der Waals surface area contributed by atoms with Gasteiger partial charge in [0, 0.05) is 48.5 Å². The van der Waals surface area contributed by atoms with E-state index in [0.717, 1.165) is 15.7 Å². The lowest BCUT2D eigenvalue weighted by Crippen LogP contribution is -2.48. The SMILES string of the molecule is Cc1cc(S(=O)(=O)N2CCN(c3ccc([N+](=O)[O-])cc3)CC2)ccc1Br. The molecule has 0 saturated carbocycles. The number of rotatable bonds is 4. The van der Waals surface area contributed by atoms with Gasteiger partial charge in [-0.25, -0.2) is 8.42 Å². The van der Waals surface area contributed by atoms with Crippen LogP contribution in [0.25, 0.3) is 0 Å². The van der Waals surface area contributed by atoms with Crippen molar-refractivity contribution < 1.29 is 13.3 Å². The van der Waals surface area contributed by atoms with Crippen LogP contribution in [0.2, 0.25) is 0 Å². The lowest BCUT2D eigenvalue weighted by molar-refractivity contribution is -0.384. The molecule has 1 saturated heterocycles. The van der Waals surface area contributed by atoms with Crippen LogP contribution in [0, 0.1) is 17.0 Å². The normalized spacial score (nSPS) is 15.8. The third-order valence-corrected chi connectivity index (χ3v) is 7.22. The first-order chi connectivity index (χ1) is 12.3. The minimum absolute atomic E-state index is 0.0422. The van der Waals surface area contributed by atoms with Gasteiger partial charge in [-0.1, -0.05) is 15.9 Å². The van der Waals surface area contributed by atoms with Crippen molar-refractivity contribution in [2.45, 2.75) is 11.8 Å². The second kappa shape index (κ2) is 7.34. The molecule has 0 spiro atoms. The summed E-state index contributed by atoms with van der Waals surface area (Å²) in [5, 5.41) is 10.7. The van der Waals surface area contributed by atoms with Crippen LogP contribution in [0.15, 0.2) is 51.8 Å². The maximum absolute atomic E-state index is 12.8. The third kappa shape index (κ3) is 3.74. The minimum atomic E-state index is -3.53. The number of nitro groups is 1. The van der Waals surface area contributed by atoms with Gasteiger partial charge in [0.15, 0.2) is 0 Å². The summed E-state index contributed by atoms with van der Waals surface area (Å²) < 4.78 is 28.0. The number of anilines is 1. The largest absolute Gasteiger partial charge is 0.369 e. The third-order valence-electron chi connectivity index (χ3n) is 4.43. The summed E-state index contributed by atoms with van der Waals surface area (Å²) in [6.07, 6.45) is 0. The van der Waals surface area contributed by atoms with Gasteiger partial charge in [-0.3, -0.25) is 10.1 Å². The highest BCUT2D eigenvalue weighted by Gasteiger charge is 2.29. The van der Waals surface area contributed by atoms with Crippen molar-refractivity contribution in [2.24, 2.45) is 0 Å². The molecule has 0 aliphatic carbocycles. The predicted molar refractivity (Wildman–Crippen MR) is 103 cm³/mol. The Morgan fingerprint density at radius 1 is 1.04 bits per heavy atom. The van der Waals surface area contributed by atoms with Crippen molar-refractivity contribution in [2.75, 3.05) is 31.1 Å². The van der Waals surface area contributed by atoms with E-state index in [1.165, 1.54) is 16.4 Å². The van der Waals surface area contributed by atoms with E-state index >= 15 is 0 Å². The van der Waals surface area contributed by atoms with Gasteiger partial charge < -0.3 is 4.90 Å². The highest BCUT2D eigenvalue weighted by atomic mass is 79.9. The highest BCUT2D eigenvalue weighted by molar-refractivity contribution is 9.10. The van der Waals surface area contributed by atoms with Crippen LogP contribution < -0.4 is 4.90 Å². The fourth-order valence-electron chi connectivity index (χ4n) is 2.90. The fraction of sp³-hybridized carbons (Fsp3) is 0.294. The Labute approximate surface area is 160 Å². The Hall–Kier alpha value is -1.97. The van der Waals surface area contributed by atoms with Crippen LogP contribution in [-0.4, -0.2) is 43.8 Å². The standard InChI is InChI=1S/C17H18BrN3O4S/c1-13-12-16(6-7-17(13)18)26(24,25)20-10-8-19(9-11-20)14-2-4-15(5-3-14)21(22)23/h2-7,12H,8-11H2,1H3. The molecule has 138 valence electrons. The number of benzene rings is 2. The zero-order valence-corrected chi connectivity index (χ0v) is 16.5. The van der Waals surface area contributed by atoms with E-state index < -0.39 is 14.9 Å². The van der Waals surface area contributed by atoms with Crippen molar-refractivity contribution in [3.63, 3.8) is 0 Å². The van der Waals surface area contributed by atoms with Crippen molar-refractivity contribution in [3.8, 4) is 0 Å². The fourth-order valence-corrected chi connectivity index (χ4v) is 4.65. The molecule has 1 heterocycles. The molecular formula is C17H18BrN3O4S. The molecule has 0 aromatic heterocycles. The summed E-state index contributed by atoms with van der Waals surface area (Å²) in [5.74, 6) is 0. The quantitative estimate of drug-likeness (QED) is 0.539. The summed E-state index contributed by atoms with van der Waals surface area (Å²) >= 11 is 3.38. The van der Waals surface area contributed by atoms with Crippen molar-refractivity contribution >= 4 is 37.3 Å². The van der Waals surface area contributed by atoms with Gasteiger partial charge in [-0.2, -0.15) is 4.31 Å². The first-order valence-electron chi connectivity index (χ1n) is 8.05. The lowest BCUT2D eigenvalue weighted by Gasteiger charge is -2.35. The molecule has 7 nitrogen and oxygen atoms in total. The number of nitro benzene ring substituents is 1. The minimum Gasteiger partial charge on any atom is -0.369 e. The molecule has 1 fully saturated rings. The zero-order valence-electron chi connectivity index (χ0n) is 14.1. The average Bonchev–Trinajstić information content (AvgIpc) is 2.64. The maximum atomic E-state index is 12.8. The summed E-state index contributed by atoms with van der Waals surface area (Å²) in [7, 11) is -3.53. The topological polar surface area (TPSA) is 83.8 Å². The molecule has 0 N–H and O–H groups in total. The van der Waals surface area contributed by atoms with Gasteiger partial charge in [0.1, 0.15) is 0 Å². The lowest BCUT2D eigenvalue weighted by atomic mass is 10.2. The first kappa shape index (κ1) is 18.8. The summed E-state index contributed by atoms with van der Waals surface area (Å²) in [6, 6.07) is 11.3. The smallest absolute Gasteiger partial charge is 0.269 e. The second-order valence-electron chi connectivity index (χ2n) is 6.08. The Bertz CT molecular complexity index is 924. The molecule has 3 rings (SSSR count). The van der Waals surface area contributed by atoms with E-state index in [4.69, 9.17) is 0 Å². The van der Waals surface area contributed by atoms with Gasteiger partial charge in [0.25, 0.3) is 5.69 Å². The van der Waals surface area contributed by atoms with Gasteiger partial charge in [0.2, 0.25) is 10.0 Å². The van der Waals surface area contributed by atoms with E-state index in [0.29, 0.717) is 31.1 Å². The molecular weight excluding hydrogens is 422 g/mol. The number of sulfonamides is 1. The van der Waals surface area contributed by atoms with E-state index in [1.54, 1.807) is 30.3 Å². The predicted octanol–water partition coefficient (Wildman–Crippen LogP) is 3.18. The average molecular weight is 440 g/mol. The number of hydrogen-bond acceptors (Lipinski definition) is 5. The van der Waals surface area contributed by atoms with Crippen LogP contribution in [0.1, 0.15) is 5.56 Å². The van der Waals surface area contributed by atoms with Crippen molar-refractivity contribution in [3.05, 3.63) is 62.6 Å². The molecule has 1 aliphatic heterocycles. The van der Waals surface area contributed by atoms with Crippen LogP contribution in [0.3, 0.4) is 0 Å². The van der Waals surface area contributed by atoms with Gasteiger partial charge in [0.05, 0.1) is 9.82 Å². The number of non-ortho nitro benzene ring substituents is 1. The van der Waals surface area contributed by atoms with Gasteiger partial charge in [-0.15, -0.1) is 0 Å². The van der Waals surface area contributed by atoms with E-state index in [-0.39, 0.29) is 5.69 Å². The number of halogens is 1. The second-order valence-corrected chi connectivity index (χ2v) is 8.87. The van der Waals surface area contributed by atoms with Crippen molar-refractivity contribution in [1.29, 1.82) is 0 Å². The molecule has 2 aromatic carbocycles. The zero-order chi connectivity index (χ0) is 18.9. The Kier molecular flexibility index (Phi) is 5.31.